The van der Waals surface area contributed by atoms with Gasteiger partial charge in [0.05, 0.1) is 7.11 Å². The molecule has 0 aromatic heterocycles. The Balaban J connectivity index is 0.00000312. The Morgan fingerprint density at radius 1 is 1.20 bits per heavy atom. The van der Waals surface area contributed by atoms with Crippen LogP contribution in [0.15, 0.2) is 29.3 Å². The van der Waals surface area contributed by atoms with Crippen molar-refractivity contribution in [2.75, 3.05) is 19.5 Å². The highest BCUT2D eigenvalue weighted by Crippen LogP contribution is 2.23. The number of halogens is 1. The van der Waals surface area contributed by atoms with Gasteiger partial charge in [0.1, 0.15) is 0 Å². The molecule has 1 fully saturated rings. The summed E-state index contributed by atoms with van der Waals surface area (Å²) in [6, 6.07) is 8.15. The van der Waals surface area contributed by atoms with Crippen molar-refractivity contribution in [1.29, 1.82) is 0 Å². The van der Waals surface area contributed by atoms with E-state index < -0.39 is 6.09 Å². The highest BCUT2D eigenvalue weighted by molar-refractivity contribution is 14.0. The van der Waals surface area contributed by atoms with Crippen molar-refractivity contribution >= 4 is 41.7 Å². The van der Waals surface area contributed by atoms with Gasteiger partial charge in [-0.15, -0.1) is 24.0 Å². The van der Waals surface area contributed by atoms with E-state index in [0.717, 1.165) is 17.4 Å². The van der Waals surface area contributed by atoms with Crippen molar-refractivity contribution < 1.29 is 9.53 Å². The predicted molar refractivity (Wildman–Crippen MR) is 113 cm³/mol. The van der Waals surface area contributed by atoms with E-state index in [1.54, 1.807) is 7.05 Å². The lowest BCUT2D eigenvalue weighted by Gasteiger charge is -2.28. The molecule has 0 radical (unpaired) electrons. The Labute approximate surface area is 167 Å². The lowest BCUT2D eigenvalue weighted by Crippen LogP contribution is -2.44. The lowest BCUT2D eigenvalue weighted by atomic mass is 9.87. The minimum absolute atomic E-state index is 0. The fourth-order valence-corrected chi connectivity index (χ4v) is 2.85. The van der Waals surface area contributed by atoms with Gasteiger partial charge in [0.15, 0.2) is 5.96 Å². The molecule has 7 heteroatoms. The number of ether oxygens (including phenoxy) is 1. The molecule has 0 aliphatic heterocycles. The first kappa shape index (κ1) is 21.5. The molecule has 1 saturated carbocycles. The van der Waals surface area contributed by atoms with Gasteiger partial charge in [0.25, 0.3) is 0 Å². The summed E-state index contributed by atoms with van der Waals surface area (Å²) in [4.78, 5) is 15.5. The van der Waals surface area contributed by atoms with E-state index in [-0.39, 0.29) is 24.0 Å². The second-order valence-corrected chi connectivity index (χ2v) is 6.34. The van der Waals surface area contributed by atoms with Crippen LogP contribution in [0.2, 0.25) is 0 Å². The maximum Gasteiger partial charge on any atom is 0.411 e. The first-order valence-electron chi connectivity index (χ1n) is 8.51. The van der Waals surface area contributed by atoms with Crippen LogP contribution in [0.4, 0.5) is 10.5 Å². The normalized spacial score (nSPS) is 20.2. The summed E-state index contributed by atoms with van der Waals surface area (Å²) in [5.74, 6) is 1.68. The van der Waals surface area contributed by atoms with Crippen LogP contribution >= 0.6 is 24.0 Å². The first-order valence-corrected chi connectivity index (χ1v) is 8.51. The molecule has 0 spiro atoms. The van der Waals surface area contributed by atoms with Crippen LogP contribution < -0.4 is 16.0 Å². The molecule has 1 aliphatic rings. The zero-order valence-electron chi connectivity index (χ0n) is 15.2. The summed E-state index contributed by atoms with van der Waals surface area (Å²) >= 11 is 0. The van der Waals surface area contributed by atoms with E-state index >= 15 is 0 Å². The molecule has 3 N–H and O–H groups in total. The predicted octanol–water partition coefficient (Wildman–Crippen LogP) is 3.73. The molecule has 0 heterocycles. The fraction of sp³-hybridized carbons (Fsp3) is 0.556. The molecule has 1 amide bonds. The monoisotopic (exact) mass is 460 g/mol. The highest BCUT2D eigenvalue weighted by Gasteiger charge is 2.18. The topological polar surface area (TPSA) is 74.8 Å². The maximum atomic E-state index is 11.2. The number of anilines is 1. The fourth-order valence-electron chi connectivity index (χ4n) is 2.85. The third-order valence-electron chi connectivity index (χ3n) is 4.43. The lowest BCUT2D eigenvalue weighted by molar-refractivity contribution is 0.187. The molecule has 1 aliphatic carbocycles. The van der Waals surface area contributed by atoms with Gasteiger partial charge in [-0.1, -0.05) is 19.1 Å². The summed E-state index contributed by atoms with van der Waals surface area (Å²) in [5, 5.41) is 9.48. The van der Waals surface area contributed by atoms with Crippen LogP contribution in [0.3, 0.4) is 0 Å². The largest absolute Gasteiger partial charge is 0.453 e. The average Bonchev–Trinajstić information content (AvgIpc) is 2.61. The number of aliphatic imine (C=N–C) groups is 1. The van der Waals surface area contributed by atoms with Crippen LogP contribution in [-0.4, -0.2) is 32.3 Å². The minimum Gasteiger partial charge on any atom is -0.453 e. The molecule has 1 aromatic carbocycles. The van der Waals surface area contributed by atoms with Gasteiger partial charge < -0.3 is 15.4 Å². The van der Waals surface area contributed by atoms with Crippen LogP contribution in [0.5, 0.6) is 0 Å². The zero-order chi connectivity index (χ0) is 17.4. The standard InChI is InChI=1S/C18H28N4O2.HI/c1-13-4-8-15(9-5-13)21-17(19-2)20-12-14-6-10-16(11-7-14)22-18(23)24-3;/h6-7,10-11,13,15H,4-5,8-9,12H2,1-3H3,(H,22,23)(H2,19,20,21);1H. The molecule has 0 unspecified atom stereocenters. The smallest absolute Gasteiger partial charge is 0.411 e. The van der Waals surface area contributed by atoms with Crippen molar-refractivity contribution in [3.63, 3.8) is 0 Å². The number of benzene rings is 1. The number of hydrogen-bond donors (Lipinski definition) is 3. The van der Waals surface area contributed by atoms with Crippen LogP contribution in [0.25, 0.3) is 0 Å². The SMILES string of the molecule is CN=C(NCc1ccc(NC(=O)OC)cc1)NC1CCC(C)CC1.I. The number of nitrogens with zero attached hydrogens (tertiary/aromatic N) is 1. The van der Waals surface area contributed by atoms with Crippen LogP contribution in [-0.2, 0) is 11.3 Å². The number of hydrogen-bond acceptors (Lipinski definition) is 3. The molecular weight excluding hydrogens is 431 g/mol. The number of guanidine groups is 1. The minimum atomic E-state index is -0.465. The van der Waals surface area contributed by atoms with E-state index in [9.17, 15) is 4.79 Å². The Kier molecular flexibility index (Phi) is 9.62. The maximum absolute atomic E-state index is 11.2. The van der Waals surface area contributed by atoms with E-state index in [4.69, 9.17) is 0 Å². The number of carbonyl (C=O) groups excluding carboxylic acids is 1. The van der Waals surface area contributed by atoms with Crippen molar-refractivity contribution in [3.8, 4) is 0 Å². The number of rotatable bonds is 4. The zero-order valence-corrected chi connectivity index (χ0v) is 17.5. The molecule has 0 bridgehead atoms. The van der Waals surface area contributed by atoms with E-state index in [1.165, 1.54) is 32.8 Å². The Hall–Kier alpha value is -1.51. The third-order valence-corrected chi connectivity index (χ3v) is 4.43. The number of amides is 1. The summed E-state index contributed by atoms with van der Waals surface area (Å²) in [7, 11) is 3.14. The van der Waals surface area contributed by atoms with Gasteiger partial charge in [0, 0.05) is 25.3 Å². The summed E-state index contributed by atoms with van der Waals surface area (Å²) in [6.45, 7) is 3.00. The molecule has 2 rings (SSSR count). The van der Waals surface area contributed by atoms with Gasteiger partial charge in [-0.2, -0.15) is 0 Å². The summed E-state index contributed by atoms with van der Waals surface area (Å²) in [5.41, 5.74) is 1.83. The van der Waals surface area contributed by atoms with Gasteiger partial charge in [-0.05, 0) is 49.3 Å². The van der Waals surface area contributed by atoms with Crippen LogP contribution in [0.1, 0.15) is 38.2 Å². The summed E-state index contributed by atoms with van der Waals surface area (Å²) < 4.78 is 4.57. The van der Waals surface area contributed by atoms with Crippen LogP contribution in [0, 0.1) is 5.92 Å². The van der Waals surface area contributed by atoms with Crippen molar-refractivity contribution in [3.05, 3.63) is 29.8 Å². The Bertz CT molecular complexity index is 555. The third kappa shape index (κ3) is 7.50. The molecule has 1 aromatic rings. The van der Waals surface area contributed by atoms with E-state index in [2.05, 4.69) is 32.6 Å². The number of carbonyl (C=O) groups is 1. The van der Waals surface area contributed by atoms with Crippen molar-refractivity contribution in [1.82, 2.24) is 10.6 Å². The van der Waals surface area contributed by atoms with Gasteiger partial charge >= 0.3 is 6.09 Å². The molecule has 140 valence electrons. The Morgan fingerprint density at radius 3 is 2.40 bits per heavy atom. The van der Waals surface area contributed by atoms with Gasteiger partial charge in [-0.3, -0.25) is 10.3 Å². The first-order chi connectivity index (χ1) is 11.6. The molecular formula is C18H29IN4O2. The second kappa shape index (κ2) is 11.2. The molecule has 0 atom stereocenters. The highest BCUT2D eigenvalue weighted by atomic mass is 127. The molecule has 0 saturated heterocycles. The van der Waals surface area contributed by atoms with Gasteiger partial charge in [-0.25, -0.2) is 4.79 Å². The number of methoxy groups -OCH3 is 1. The van der Waals surface area contributed by atoms with Gasteiger partial charge in [0.2, 0.25) is 0 Å². The quantitative estimate of drug-likeness (QED) is 0.364. The summed E-state index contributed by atoms with van der Waals surface area (Å²) in [6.07, 6.45) is 4.50. The van der Waals surface area contributed by atoms with Crippen molar-refractivity contribution in [2.24, 2.45) is 10.9 Å². The van der Waals surface area contributed by atoms with Crippen molar-refractivity contribution in [2.45, 2.75) is 45.2 Å². The molecule has 25 heavy (non-hydrogen) atoms. The molecule has 6 nitrogen and oxygen atoms in total. The Morgan fingerprint density at radius 2 is 1.84 bits per heavy atom. The average molecular weight is 460 g/mol. The van der Waals surface area contributed by atoms with E-state index in [1.807, 2.05) is 24.3 Å². The number of nitrogens with one attached hydrogen (secondary N) is 3. The van der Waals surface area contributed by atoms with E-state index in [0.29, 0.717) is 18.3 Å². The second-order valence-electron chi connectivity index (χ2n) is 6.34.